The normalized spacial score (nSPS) is 36.7. The second kappa shape index (κ2) is 16.6. The molecule has 1 heterocycles. The quantitative estimate of drug-likeness (QED) is 0.122. The van der Waals surface area contributed by atoms with Gasteiger partial charge in [0.05, 0.1) is 18.8 Å². The third-order valence-electron chi connectivity index (χ3n) is 12.1. The molecule has 9 heteroatoms. The predicted octanol–water partition coefficient (Wildman–Crippen LogP) is 7.32. The van der Waals surface area contributed by atoms with E-state index in [2.05, 4.69) is 32.4 Å². The maximum absolute atomic E-state index is 13.2. The summed E-state index contributed by atoms with van der Waals surface area (Å²) in [6.07, 6.45) is 19.7. The van der Waals surface area contributed by atoms with E-state index in [9.17, 15) is 24.6 Å². The topological polar surface area (TPSA) is 140 Å². The Balaban J connectivity index is 0.000000267. The number of rotatable bonds is 15. The molecule has 1 saturated heterocycles. The molecule has 0 spiro atoms. The summed E-state index contributed by atoms with van der Waals surface area (Å²) in [7, 11) is 0. The van der Waals surface area contributed by atoms with Gasteiger partial charge in [-0.25, -0.2) is 4.79 Å². The van der Waals surface area contributed by atoms with Crippen LogP contribution < -0.4 is 0 Å². The number of hydrogen-bond donors (Lipinski definition) is 3. The molecule has 4 aliphatic carbocycles. The molecular weight excluding hydrogens is 600 g/mol. The Morgan fingerprint density at radius 3 is 2.28 bits per heavy atom. The van der Waals surface area contributed by atoms with Crippen molar-refractivity contribution in [3.8, 4) is 0 Å². The molecule has 0 aromatic heterocycles. The number of ether oxygens (including phenoxy) is 3. The van der Waals surface area contributed by atoms with E-state index in [1.54, 1.807) is 12.2 Å². The lowest BCUT2D eigenvalue weighted by molar-refractivity contribution is -0.200. The molecule has 9 atom stereocenters. The average Bonchev–Trinajstić information content (AvgIpc) is 3.51. The van der Waals surface area contributed by atoms with Crippen molar-refractivity contribution >= 4 is 17.7 Å². The summed E-state index contributed by atoms with van der Waals surface area (Å²) >= 11 is 0. The monoisotopic (exact) mass is 660 g/mol. The van der Waals surface area contributed by atoms with Gasteiger partial charge in [-0.05, 0) is 62.5 Å². The molecule has 266 valence electrons. The Morgan fingerprint density at radius 1 is 1.00 bits per heavy atom. The van der Waals surface area contributed by atoms with Gasteiger partial charge >= 0.3 is 6.16 Å². The highest BCUT2D eigenvalue weighted by molar-refractivity contribution is 6.01. The second-order valence-electron chi connectivity index (χ2n) is 15.0. The lowest BCUT2D eigenvalue weighted by Crippen LogP contribution is -2.63. The van der Waals surface area contributed by atoms with Gasteiger partial charge in [-0.1, -0.05) is 104 Å². The van der Waals surface area contributed by atoms with Gasteiger partial charge in [-0.2, -0.15) is 0 Å². The minimum absolute atomic E-state index is 0.0125. The molecular formula is C38H60O9. The van der Waals surface area contributed by atoms with E-state index in [0.29, 0.717) is 25.9 Å². The van der Waals surface area contributed by atoms with Crippen LogP contribution in [0.4, 0.5) is 4.79 Å². The van der Waals surface area contributed by atoms with Gasteiger partial charge in [0.2, 0.25) is 0 Å². The number of carboxylic acid groups (broad SMARTS) is 1. The number of carbonyl (C=O) groups is 3. The van der Waals surface area contributed by atoms with Crippen LogP contribution in [0.2, 0.25) is 0 Å². The number of fused-ring (bicyclic) bond motifs is 7. The molecule has 5 rings (SSSR count). The zero-order chi connectivity index (χ0) is 34.2. The van der Waals surface area contributed by atoms with Crippen molar-refractivity contribution in [1.82, 2.24) is 0 Å². The minimum atomic E-state index is -1.20. The molecule has 0 aromatic rings. The molecule has 0 aromatic carbocycles. The summed E-state index contributed by atoms with van der Waals surface area (Å²) in [4.78, 5) is 35.2. The van der Waals surface area contributed by atoms with Crippen LogP contribution in [0.25, 0.3) is 0 Å². The van der Waals surface area contributed by atoms with E-state index in [1.165, 1.54) is 51.4 Å². The molecule has 47 heavy (non-hydrogen) atoms. The maximum Gasteiger partial charge on any atom is 0.505 e. The van der Waals surface area contributed by atoms with Crippen LogP contribution in [0, 0.1) is 28.6 Å². The highest BCUT2D eigenvalue weighted by Crippen LogP contribution is 2.69. The molecule has 0 bridgehead atoms. The van der Waals surface area contributed by atoms with Crippen molar-refractivity contribution in [1.29, 1.82) is 0 Å². The number of aliphatic hydroxyl groups is 2. The van der Waals surface area contributed by atoms with Gasteiger partial charge in [-0.15, -0.1) is 0 Å². The summed E-state index contributed by atoms with van der Waals surface area (Å²) in [6, 6.07) is 0. The van der Waals surface area contributed by atoms with Crippen LogP contribution in [0.15, 0.2) is 23.8 Å². The molecule has 5 aliphatic rings. The van der Waals surface area contributed by atoms with Crippen molar-refractivity contribution in [3.05, 3.63) is 23.8 Å². The Kier molecular flexibility index (Phi) is 13.3. The van der Waals surface area contributed by atoms with Gasteiger partial charge in [0.1, 0.15) is 6.61 Å². The summed E-state index contributed by atoms with van der Waals surface area (Å²) < 4.78 is 17.1. The molecule has 3 saturated carbocycles. The fourth-order valence-corrected chi connectivity index (χ4v) is 9.87. The first kappa shape index (κ1) is 37.7. The third kappa shape index (κ3) is 7.73. The predicted molar refractivity (Wildman–Crippen MR) is 179 cm³/mol. The second-order valence-corrected chi connectivity index (χ2v) is 15.0. The van der Waals surface area contributed by atoms with Gasteiger partial charge in [0, 0.05) is 16.7 Å². The molecule has 0 radical (unpaired) electrons. The number of allylic oxidation sites excluding steroid dienone is 4. The molecule has 3 N–H and O–H groups in total. The van der Waals surface area contributed by atoms with Gasteiger partial charge in [0.15, 0.2) is 23.5 Å². The Morgan fingerprint density at radius 2 is 1.66 bits per heavy atom. The standard InChI is InChI=1S/C25H34O6.C13H26O3/c1-4-5-21-30-20-11-17-16-7-6-14-10-15(27)8-9-23(14,2)22(16)18(28)12-24(17,3)25(20,31-21)19(29)13-26;1-2-3-4-5-6-7-8-9-10-11-12-16-13(14)15/h8-10,16-18,20-22,26,28H,4-7,11-13H2,1-3H3;2-12H2,1H3,(H,14,15)/t16-,17-,18-,20+,21+,22+,23-,24-,25+;/m0./s1. The first-order chi connectivity index (χ1) is 22.5. The number of unbranched alkanes of at least 4 members (excludes halogenated alkanes) is 9. The van der Waals surface area contributed by atoms with Gasteiger partial charge in [-0.3, -0.25) is 9.59 Å². The van der Waals surface area contributed by atoms with E-state index >= 15 is 0 Å². The summed E-state index contributed by atoms with van der Waals surface area (Å²) in [6.45, 7) is 8.26. The lowest BCUT2D eigenvalue weighted by Gasteiger charge is -2.59. The Labute approximate surface area is 281 Å². The lowest BCUT2D eigenvalue weighted by atomic mass is 9.46. The first-order valence-electron chi connectivity index (χ1n) is 18.4. The number of aliphatic hydroxyl groups excluding tert-OH is 2. The van der Waals surface area contributed by atoms with Crippen LogP contribution in [0.5, 0.6) is 0 Å². The van der Waals surface area contributed by atoms with Crippen LogP contribution in [0.3, 0.4) is 0 Å². The fraction of sp³-hybridized carbons (Fsp3) is 0.816. The summed E-state index contributed by atoms with van der Waals surface area (Å²) in [5.74, 6) is 0.0274. The van der Waals surface area contributed by atoms with Crippen LogP contribution in [-0.4, -0.2) is 70.4 Å². The van der Waals surface area contributed by atoms with Crippen molar-refractivity contribution < 1.29 is 43.9 Å². The van der Waals surface area contributed by atoms with Crippen LogP contribution in [-0.2, 0) is 23.8 Å². The van der Waals surface area contributed by atoms with E-state index in [1.807, 2.05) is 6.08 Å². The van der Waals surface area contributed by atoms with Crippen molar-refractivity contribution in [2.24, 2.45) is 28.6 Å². The molecule has 0 amide bonds. The Bertz CT molecular complexity index is 1150. The van der Waals surface area contributed by atoms with Crippen LogP contribution in [0.1, 0.15) is 130 Å². The van der Waals surface area contributed by atoms with Gasteiger partial charge in [0.25, 0.3) is 0 Å². The summed E-state index contributed by atoms with van der Waals surface area (Å²) in [5.41, 5.74) is -1.05. The zero-order valence-corrected chi connectivity index (χ0v) is 29.2. The molecule has 1 aliphatic heterocycles. The van der Waals surface area contributed by atoms with Crippen molar-refractivity contribution in [3.63, 3.8) is 0 Å². The van der Waals surface area contributed by atoms with Gasteiger partial charge < -0.3 is 29.5 Å². The Hall–Kier alpha value is -2.07. The number of carbonyl (C=O) groups excluding carboxylic acids is 2. The average molecular weight is 661 g/mol. The fourth-order valence-electron chi connectivity index (χ4n) is 9.87. The first-order valence-corrected chi connectivity index (χ1v) is 18.4. The minimum Gasteiger partial charge on any atom is -0.450 e. The van der Waals surface area contributed by atoms with Crippen molar-refractivity contribution in [2.45, 2.75) is 155 Å². The molecule has 4 fully saturated rings. The largest absolute Gasteiger partial charge is 0.505 e. The summed E-state index contributed by atoms with van der Waals surface area (Å²) in [5, 5.41) is 29.6. The zero-order valence-electron chi connectivity index (χ0n) is 29.2. The highest BCUT2D eigenvalue weighted by Gasteiger charge is 2.75. The van der Waals surface area contributed by atoms with E-state index in [-0.39, 0.29) is 34.7 Å². The van der Waals surface area contributed by atoms with Crippen molar-refractivity contribution in [2.75, 3.05) is 13.2 Å². The molecule has 9 nitrogen and oxygen atoms in total. The van der Waals surface area contributed by atoms with E-state index < -0.39 is 42.3 Å². The number of Topliss-reactive ketones (excluding diaryl/α,β-unsaturated/α-hetero) is 1. The highest BCUT2D eigenvalue weighted by atomic mass is 16.7. The SMILES string of the molecule is CCCCCCCCCCCCOC(=O)O.CCC[C@@H]1O[C@@H]2C[C@H]3[C@@H]4CCC5=CC(=O)C=C[C@]5(C)[C@H]4[C@@H](O)C[C@]3(C)[C@]2(C(=O)CO)O1. The van der Waals surface area contributed by atoms with E-state index in [0.717, 1.165) is 37.7 Å². The number of ketones is 2. The maximum atomic E-state index is 13.2. The van der Waals surface area contributed by atoms with E-state index in [4.69, 9.17) is 14.6 Å². The smallest absolute Gasteiger partial charge is 0.450 e. The van der Waals surface area contributed by atoms with Crippen LogP contribution >= 0.6 is 0 Å². The third-order valence-corrected chi connectivity index (χ3v) is 12.1. The molecule has 0 unspecified atom stereocenters. The number of hydrogen-bond acceptors (Lipinski definition) is 8.